The molecule has 4 heteroatoms. The Balaban J connectivity index is 2.65. The van der Waals surface area contributed by atoms with E-state index < -0.39 is 0 Å². The van der Waals surface area contributed by atoms with Crippen molar-refractivity contribution < 1.29 is 4.79 Å². The maximum atomic E-state index is 12.3. The van der Waals surface area contributed by atoms with Crippen LogP contribution in [-0.4, -0.2) is 29.9 Å². The zero-order chi connectivity index (χ0) is 15.8. The van der Waals surface area contributed by atoms with Crippen molar-refractivity contribution in [1.82, 2.24) is 10.2 Å². The van der Waals surface area contributed by atoms with Gasteiger partial charge in [0.1, 0.15) is 0 Å². The van der Waals surface area contributed by atoms with Gasteiger partial charge in [-0.25, -0.2) is 0 Å². The van der Waals surface area contributed by atoms with Gasteiger partial charge < -0.3 is 11.1 Å². The van der Waals surface area contributed by atoms with E-state index in [2.05, 4.69) is 30.1 Å². The summed E-state index contributed by atoms with van der Waals surface area (Å²) in [6.45, 7) is 7.40. The van der Waals surface area contributed by atoms with Gasteiger partial charge in [0.25, 0.3) is 0 Å². The molecule has 118 valence electrons. The highest BCUT2D eigenvalue weighted by atomic mass is 16.2. The number of nitrogens with zero attached hydrogens (tertiary/aromatic N) is 1. The van der Waals surface area contributed by atoms with Gasteiger partial charge in [-0.3, -0.25) is 9.69 Å². The minimum absolute atomic E-state index is 0.0939. The van der Waals surface area contributed by atoms with Gasteiger partial charge in [0.2, 0.25) is 5.91 Å². The second kappa shape index (κ2) is 8.80. The van der Waals surface area contributed by atoms with Crippen LogP contribution in [0.5, 0.6) is 0 Å². The molecule has 1 rings (SSSR count). The molecule has 0 saturated carbocycles. The number of nitrogens with two attached hydrogens (primary N) is 1. The summed E-state index contributed by atoms with van der Waals surface area (Å²) in [7, 11) is 1.98. The van der Waals surface area contributed by atoms with Crippen molar-refractivity contribution in [2.45, 2.75) is 58.8 Å². The van der Waals surface area contributed by atoms with Gasteiger partial charge in [0.15, 0.2) is 0 Å². The lowest BCUT2D eigenvalue weighted by atomic mass is 10.1. The normalized spacial score (nSPS) is 12.7. The number of hydrogen-bond acceptors (Lipinski definition) is 3. The number of hydrogen-bond donors (Lipinski definition) is 2. The Morgan fingerprint density at radius 3 is 2.33 bits per heavy atom. The summed E-state index contributed by atoms with van der Waals surface area (Å²) in [5.41, 5.74) is 8.09. The fourth-order valence-electron chi connectivity index (χ4n) is 2.33. The quantitative estimate of drug-likeness (QED) is 0.772. The molecule has 0 bridgehead atoms. The largest absolute Gasteiger partial charge is 0.352 e. The molecule has 4 nitrogen and oxygen atoms in total. The first-order chi connectivity index (χ1) is 10.0. The van der Waals surface area contributed by atoms with Crippen LogP contribution in [0.3, 0.4) is 0 Å². The predicted molar refractivity (Wildman–Crippen MR) is 87.8 cm³/mol. The fraction of sp³-hybridized carbons (Fsp3) is 0.588. The molecule has 1 atom stereocenters. The van der Waals surface area contributed by atoms with Crippen molar-refractivity contribution >= 4 is 5.91 Å². The van der Waals surface area contributed by atoms with E-state index in [-0.39, 0.29) is 18.0 Å². The van der Waals surface area contributed by atoms with E-state index in [1.54, 1.807) is 0 Å². The highest BCUT2D eigenvalue weighted by Gasteiger charge is 2.20. The van der Waals surface area contributed by atoms with Gasteiger partial charge >= 0.3 is 0 Å². The molecule has 0 aliphatic carbocycles. The van der Waals surface area contributed by atoms with Crippen molar-refractivity contribution in [2.24, 2.45) is 5.73 Å². The van der Waals surface area contributed by atoms with E-state index in [1.165, 1.54) is 5.56 Å². The third-order valence-corrected chi connectivity index (χ3v) is 4.13. The van der Waals surface area contributed by atoms with Crippen molar-refractivity contribution in [1.29, 1.82) is 0 Å². The lowest BCUT2D eigenvalue weighted by Crippen LogP contribution is -2.46. The van der Waals surface area contributed by atoms with Crippen LogP contribution in [0.25, 0.3) is 0 Å². The lowest BCUT2D eigenvalue weighted by Gasteiger charge is -2.26. The number of carbonyl (C=O) groups is 1. The van der Waals surface area contributed by atoms with E-state index in [0.717, 1.165) is 24.9 Å². The Kier molecular flexibility index (Phi) is 7.40. The molecule has 0 heterocycles. The molecule has 0 radical (unpaired) electrons. The number of likely N-dealkylation sites (N-methyl/N-ethyl adjacent to an activating group) is 1. The summed E-state index contributed by atoms with van der Waals surface area (Å²) >= 11 is 0. The van der Waals surface area contributed by atoms with Gasteiger partial charge in [-0.05, 0) is 37.9 Å². The molecule has 0 aromatic heterocycles. The monoisotopic (exact) mass is 291 g/mol. The van der Waals surface area contributed by atoms with E-state index >= 15 is 0 Å². The Labute approximate surface area is 128 Å². The highest BCUT2D eigenvalue weighted by Crippen LogP contribution is 2.12. The van der Waals surface area contributed by atoms with Crippen molar-refractivity contribution in [2.75, 3.05) is 7.05 Å². The van der Waals surface area contributed by atoms with Crippen LogP contribution in [0, 0.1) is 0 Å². The predicted octanol–water partition coefficient (Wildman–Crippen LogP) is 2.27. The molecule has 1 aromatic carbocycles. The van der Waals surface area contributed by atoms with Crippen LogP contribution in [-0.2, 0) is 17.9 Å². The van der Waals surface area contributed by atoms with Crippen LogP contribution in [0.4, 0.5) is 0 Å². The summed E-state index contributed by atoms with van der Waals surface area (Å²) < 4.78 is 0. The smallest absolute Gasteiger partial charge is 0.237 e. The number of nitrogens with one attached hydrogen (secondary N) is 1. The third-order valence-electron chi connectivity index (χ3n) is 4.13. The zero-order valence-electron chi connectivity index (χ0n) is 13.7. The topological polar surface area (TPSA) is 58.4 Å². The molecule has 0 fully saturated rings. The van der Waals surface area contributed by atoms with Gasteiger partial charge in [0.05, 0.1) is 6.04 Å². The van der Waals surface area contributed by atoms with Crippen molar-refractivity contribution in [3.63, 3.8) is 0 Å². The van der Waals surface area contributed by atoms with Crippen LogP contribution in [0.2, 0.25) is 0 Å². The fourth-order valence-corrected chi connectivity index (χ4v) is 2.33. The number of benzene rings is 1. The van der Waals surface area contributed by atoms with Crippen LogP contribution >= 0.6 is 0 Å². The molecular formula is C17H29N3O. The summed E-state index contributed by atoms with van der Waals surface area (Å²) in [6, 6.07) is 8.23. The van der Waals surface area contributed by atoms with Gasteiger partial charge in [0, 0.05) is 19.1 Å². The first-order valence-electron chi connectivity index (χ1n) is 7.80. The molecular weight excluding hydrogens is 262 g/mol. The Hall–Kier alpha value is -1.39. The maximum Gasteiger partial charge on any atom is 0.237 e. The molecule has 1 amide bonds. The van der Waals surface area contributed by atoms with Gasteiger partial charge in [-0.1, -0.05) is 38.1 Å². The molecule has 3 N–H and O–H groups in total. The third kappa shape index (κ3) is 5.14. The van der Waals surface area contributed by atoms with Crippen molar-refractivity contribution in [3.05, 3.63) is 35.4 Å². The molecule has 0 aliphatic rings. The summed E-state index contributed by atoms with van der Waals surface area (Å²) in [5.74, 6) is 0.0939. The first kappa shape index (κ1) is 17.7. The Morgan fingerprint density at radius 1 is 1.24 bits per heavy atom. The molecule has 1 unspecified atom stereocenters. The average molecular weight is 291 g/mol. The van der Waals surface area contributed by atoms with Gasteiger partial charge in [-0.2, -0.15) is 0 Å². The second-order valence-corrected chi connectivity index (χ2v) is 5.59. The van der Waals surface area contributed by atoms with E-state index in [1.807, 2.05) is 32.2 Å². The standard InChI is InChI=1S/C17H29N3O/c1-5-16(6-2)19-17(21)13(3)20(4)12-15-10-8-7-9-14(15)11-18/h7-10,13,16H,5-6,11-12,18H2,1-4H3,(H,19,21). The highest BCUT2D eigenvalue weighted by molar-refractivity contribution is 5.81. The molecule has 0 saturated heterocycles. The van der Waals surface area contributed by atoms with Crippen LogP contribution in [0.1, 0.15) is 44.7 Å². The Morgan fingerprint density at radius 2 is 1.81 bits per heavy atom. The van der Waals surface area contributed by atoms with E-state index in [9.17, 15) is 4.79 Å². The second-order valence-electron chi connectivity index (χ2n) is 5.59. The summed E-state index contributed by atoms with van der Waals surface area (Å²) in [4.78, 5) is 14.3. The molecule has 0 spiro atoms. The zero-order valence-corrected chi connectivity index (χ0v) is 13.7. The summed E-state index contributed by atoms with van der Waals surface area (Å²) in [5, 5.41) is 3.11. The van der Waals surface area contributed by atoms with Crippen LogP contribution < -0.4 is 11.1 Å². The van der Waals surface area contributed by atoms with Gasteiger partial charge in [-0.15, -0.1) is 0 Å². The Bertz CT molecular complexity index is 443. The minimum atomic E-state index is -0.156. The lowest BCUT2D eigenvalue weighted by molar-refractivity contribution is -0.126. The van der Waals surface area contributed by atoms with E-state index in [0.29, 0.717) is 6.54 Å². The van der Waals surface area contributed by atoms with Crippen molar-refractivity contribution in [3.8, 4) is 0 Å². The first-order valence-corrected chi connectivity index (χ1v) is 7.80. The van der Waals surface area contributed by atoms with Crippen LogP contribution in [0.15, 0.2) is 24.3 Å². The number of amides is 1. The number of carbonyl (C=O) groups excluding carboxylic acids is 1. The molecule has 1 aromatic rings. The SMILES string of the molecule is CCC(CC)NC(=O)C(C)N(C)Cc1ccccc1CN. The average Bonchev–Trinajstić information content (AvgIpc) is 2.51. The maximum absolute atomic E-state index is 12.3. The molecule has 21 heavy (non-hydrogen) atoms. The molecule has 0 aliphatic heterocycles. The number of rotatable bonds is 8. The summed E-state index contributed by atoms with van der Waals surface area (Å²) in [6.07, 6.45) is 1.93. The van der Waals surface area contributed by atoms with E-state index in [4.69, 9.17) is 5.73 Å². The minimum Gasteiger partial charge on any atom is -0.352 e.